The first-order chi connectivity index (χ1) is 8.69. The summed E-state index contributed by atoms with van der Waals surface area (Å²) in [5.41, 5.74) is -0.0440. The average Bonchev–Trinajstić information content (AvgIpc) is 2.86. The molecule has 0 amide bonds. The van der Waals surface area contributed by atoms with Crippen molar-refractivity contribution in [3.8, 4) is 0 Å². The molecule has 0 saturated heterocycles. The largest absolute Gasteiger partial charge is 0.374 e. The highest BCUT2D eigenvalue weighted by molar-refractivity contribution is 5.92. The molecule has 2 aliphatic rings. The number of unbranched alkanes of at least 4 members (excludes halogenated alkanes) is 3. The molecule has 2 atom stereocenters. The van der Waals surface area contributed by atoms with Crippen LogP contribution in [0.15, 0.2) is 0 Å². The highest BCUT2D eigenvalue weighted by Crippen LogP contribution is 2.52. The van der Waals surface area contributed by atoms with Gasteiger partial charge in [-0.3, -0.25) is 4.79 Å². The van der Waals surface area contributed by atoms with E-state index in [1.54, 1.807) is 0 Å². The first kappa shape index (κ1) is 14.0. The zero-order chi connectivity index (χ0) is 13.0. The molecule has 2 saturated carbocycles. The van der Waals surface area contributed by atoms with Crippen LogP contribution in [-0.4, -0.2) is 18.0 Å². The Morgan fingerprint density at radius 3 is 2.61 bits per heavy atom. The molecule has 18 heavy (non-hydrogen) atoms. The second-order valence-corrected chi connectivity index (χ2v) is 6.28. The molecule has 1 spiro atoms. The predicted octanol–water partition coefficient (Wildman–Crippen LogP) is 4.26. The van der Waals surface area contributed by atoms with Crippen molar-refractivity contribution in [2.24, 2.45) is 5.41 Å². The third-order valence-electron chi connectivity index (χ3n) is 4.90. The molecule has 0 aromatic heterocycles. The lowest BCUT2D eigenvalue weighted by Crippen LogP contribution is -2.54. The van der Waals surface area contributed by atoms with Crippen LogP contribution in [0.2, 0.25) is 0 Å². The predicted molar refractivity (Wildman–Crippen MR) is 73.6 cm³/mol. The SMILES string of the molecule is CCCCCCC(C)OC1CC(=O)C12CCCC2. The van der Waals surface area contributed by atoms with Crippen LogP contribution in [0.3, 0.4) is 0 Å². The van der Waals surface area contributed by atoms with Crippen LogP contribution >= 0.6 is 0 Å². The van der Waals surface area contributed by atoms with Gasteiger partial charge in [0.15, 0.2) is 0 Å². The van der Waals surface area contributed by atoms with Gasteiger partial charge in [-0.2, -0.15) is 0 Å². The van der Waals surface area contributed by atoms with E-state index in [-0.39, 0.29) is 11.5 Å². The van der Waals surface area contributed by atoms with E-state index in [0.717, 1.165) is 19.3 Å². The minimum atomic E-state index is -0.0440. The Bertz CT molecular complexity index is 279. The minimum Gasteiger partial charge on any atom is -0.374 e. The molecular weight excluding hydrogens is 224 g/mol. The molecule has 2 rings (SSSR count). The lowest BCUT2D eigenvalue weighted by Gasteiger charge is -2.46. The van der Waals surface area contributed by atoms with Crippen molar-refractivity contribution in [3.63, 3.8) is 0 Å². The standard InChI is InChI=1S/C16H28O2/c1-3-4-5-6-9-13(2)18-15-12-14(17)16(15)10-7-8-11-16/h13,15H,3-12H2,1-2H3. The fourth-order valence-electron chi connectivity index (χ4n) is 3.61. The lowest BCUT2D eigenvalue weighted by molar-refractivity contribution is -0.170. The Labute approximate surface area is 111 Å². The van der Waals surface area contributed by atoms with Crippen molar-refractivity contribution >= 4 is 5.78 Å². The van der Waals surface area contributed by atoms with E-state index in [4.69, 9.17) is 4.74 Å². The van der Waals surface area contributed by atoms with E-state index in [1.165, 1.54) is 38.5 Å². The molecule has 2 aliphatic carbocycles. The van der Waals surface area contributed by atoms with Crippen molar-refractivity contribution in [2.45, 2.75) is 90.3 Å². The van der Waals surface area contributed by atoms with E-state index in [9.17, 15) is 4.79 Å². The lowest BCUT2D eigenvalue weighted by atomic mass is 9.63. The van der Waals surface area contributed by atoms with E-state index in [2.05, 4.69) is 13.8 Å². The first-order valence-corrected chi connectivity index (χ1v) is 7.88. The van der Waals surface area contributed by atoms with Gasteiger partial charge in [-0.05, 0) is 26.2 Å². The van der Waals surface area contributed by atoms with E-state index < -0.39 is 0 Å². The quantitative estimate of drug-likeness (QED) is 0.633. The molecule has 2 fully saturated rings. The van der Waals surface area contributed by atoms with Crippen LogP contribution in [0.4, 0.5) is 0 Å². The fourth-order valence-corrected chi connectivity index (χ4v) is 3.61. The fraction of sp³-hybridized carbons (Fsp3) is 0.938. The summed E-state index contributed by atoms with van der Waals surface area (Å²) in [5, 5.41) is 0. The van der Waals surface area contributed by atoms with Crippen LogP contribution in [0, 0.1) is 5.41 Å². The second kappa shape index (κ2) is 6.18. The molecule has 0 aromatic carbocycles. The number of carbonyl (C=O) groups is 1. The number of ketones is 1. The normalized spacial score (nSPS) is 27.4. The topological polar surface area (TPSA) is 26.3 Å². The monoisotopic (exact) mass is 252 g/mol. The summed E-state index contributed by atoms with van der Waals surface area (Å²) in [4.78, 5) is 11.9. The number of carbonyl (C=O) groups excluding carboxylic acids is 1. The van der Waals surface area contributed by atoms with Gasteiger partial charge in [0, 0.05) is 6.42 Å². The van der Waals surface area contributed by atoms with Crippen molar-refractivity contribution in [2.75, 3.05) is 0 Å². The van der Waals surface area contributed by atoms with Gasteiger partial charge >= 0.3 is 0 Å². The van der Waals surface area contributed by atoms with Crippen LogP contribution < -0.4 is 0 Å². The zero-order valence-corrected chi connectivity index (χ0v) is 12.0. The molecule has 0 aliphatic heterocycles. The Kier molecular flexibility index (Phi) is 4.83. The van der Waals surface area contributed by atoms with Gasteiger partial charge < -0.3 is 4.74 Å². The van der Waals surface area contributed by atoms with Gasteiger partial charge in [-0.1, -0.05) is 45.4 Å². The Balaban J connectivity index is 1.71. The minimum absolute atomic E-state index is 0.0440. The van der Waals surface area contributed by atoms with Gasteiger partial charge in [0.05, 0.1) is 17.6 Å². The third kappa shape index (κ3) is 2.79. The molecule has 2 nitrogen and oxygen atoms in total. The van der Waals surface area contributed by atoms with Gasteiger partial charge in [-0.25, -0.2) is 0 Å². The number of hydrogen-bond acceptors (Lipinski definition) is 2. The summed E-state index contributed by atoms with van der Waals surface area (Å²) in [5.74, 6) is 0.475. The number of hydrogen-bond donors (Lipinski definition) is 0. The molecule has 0 aromatic rings. The maximum Gasteiger partial charge on any atom is 0.144 e. The molecular formula is C16H28O2. The van der Waals surface area contributed by atoms with Crippen molar-refractivity contribution in [3.05, 3.63) is 0 Å². The second-order valence-electron chi connectivity index (χ2n) is 6.28. The van der Waals surface area contributed by atoms with E-state index in [0.29, 0.717) is 18.3 Å². The van der Waals surface area contributed by atoms with Crippen LogP contribution in [0.25, 0.3) is 0 Å². The Hall–Kier alpha value is -0.370. The molecule has 0 radical (unpaired) electrons. The maximum absolute atomic E-state index is 11.9. The Morgan fingerprint density at radius 1 is 1.28 bits per heavy atom. The number of Topliss-reactive ketones (excluding diaryl/α,β-unsaturated/α-hetero) is 1. The summed E-state index contributed by atoms with van der Waals surface area (Å²) in [6.07, 6.45) is 12.2. The van der Waals surface area contributed by atoms with Gasteiger partial charge in [-0.15, -0.1) is 0 Å². The van der Waals surface area contributed by atoms with E-state index >= 15 is 0 Å². The van der Waals surface area contributed by atoms with Crippen LogP contribution in [0.5, 0.6) is 0 Å². The van der Waals surface area contributed by atoms with E-state index in [1.807, 2.05) is 0 Å². The summed E-state index contributed by atoms with van der Waals surface area (Å²) in [7, 11) is 0. The molecule has 2 heteroatoms. The summed E-state index contributed by atoms with van der Waals surface area (Å²) in [6.45, 7) is 4.42. The van der Waals surface area contributed by atoms with Crippen LogP contribution in [-0.2, 0) is 9.53 Å². The number of ether oxygens (including phenoxy) is 1. The van der Waals surface area contributed by atoms with Crippen LogP contribution in [0.1, 0.15) is 78.1 Å². The first-order valence-electron chi connectivity index (χ1n) is 7.88. The average molecular weight is 252 g/mol. The Morgan fingerprint density at radius 2 is 2.00 bits per heavy atom. The zero-order valence-electron chi connectivity index (χ0n) is 12.0. The molecule has 0 bridgehead atoms. The molecule has 0 N–H and O–H groups in total. The maximum atomic E-state index is 11.9. The number of rotatable bonds is 7. The smallest absolute Gasteiger partial charge is 0.144 e. The van der Waals surface area contributed by atoms with Gasteiger partial charge in [0.2, 0.25) is 0 Å². The highest BCUT2D eigenvalue weighted by Gasteiger charge is 2.56. The molecule has 2 unspecified atom stereocenters. The van der Waals surface area contributed by atoms with Gasteiger partial charge in [0.25, 0.3) is 0 Å². The molecule has 0 heterocycles. The van der Waals surface area contributed by atoms with Gasteiger partial charge in [0.1, 0.15) is 5.78 Å². The summed E-state index contributed by atoms with van der Waals surface area (Å²) in [6, 6.07) is 0. The molecule has 104 valence electrons. The van der Waals surface area contributed by atoms with Crippen molar-refractivity contribution in [1.29, 1.82) is 0 Å². The summed E-state index contributed by atoms with van der Waals surface area (Å²) < 4.78 is 6.15. The van der Waals surface area contributed by atoms with Crippen molar-refractivity contribution in [1.82, 2.24) is 0 Å². The highest BCUT2D eigenvalue weighted by atomic mass is 16.5. The summed E-state index contributed by atoms with van der Waals surface area (Å²) >= 11 is 0. The van der Waals surface area contributed by atoms with Crippen molar-refractivity contribution < 1.29 is 9.53 Å². The third-order valence-corrected chi connectivity index (χ3v) is 4.90.